The molecule has 1 atom stereocenters. The van der Waals surface area contributed by atoms with Gasteiger partial charge in [0.25, 0.3) is 5.22 Å². The summed E-state index contributed by atoms with van der Waals surface area (Å²) in [5, 5.41) is 11.2. The van der Waals surface area contributed by atoms with Crippen LogP contribution in [0.2, 0.25) is 0 Å². The molecule has 0 saturated carbocycles. The molecule has 1 N–H and O–H groups in total. The van der Waals surface area contributed by atoms with Crippen molar-refractivity contribution in [3.63, 3.8) is 0 Å². The lowest BCUT2D eigenvalue weighted by molar-refractivity contribution is -0.115. The molecule has 1 amide bonds. The van der Waals surface area contributed by atoms with Crippen LogP contribution in [-0.4, -0.2) is 21.4 Å². The molecule has 5 nitrogen and oxygen atoms in total. The first kappa shape index (κ1) is 21.1. The number of carbonyl (C=O) groups excluding carboxylic acids is 1. The lowest BCUT2D eigenvalue weighted by Gasteiger charge is -2.18. The van der Waals surface area contributed by atoms with Crippen molar-refractivity contribution in [3.05, 3.63) is 59.2 Å². The van der Waals surface area contributed by atoms with E-state index in [-0.39, 0.29) is 16.6 Å². The Hall–Kier alpha value is -2.60. The number of hydrogen-bond donors (Lipinski definition) is 1. The predicted molar refractivity (Wildman–Crippen MR) is 118 cm³/mol. The van der Waals surface area contributed by atoms with Crippen molar-refractivity contribution in [1.82, 2.24) is 10.2 Å². The molecule has 3 aromatic rings. The number of nitrogens with zero attached hydrogens (tertiary/aromatic N) is 2. The number of amides is 1. The average molecular weight is 410 g/mol. The van der Waals surface area contributed by atoms with E-state index in [0.717, 1.165) is 22.4 Å². The highest BCUT2D eigenvalue weighted by atomic mass is 32.2. The Labute approximate surface area is 176 Å². The van der Waals surface area contributed by atoms with Gasteiger partial charge in [-0.1, -0.05) is 56.8 Å². The Morgan fingerprint density at radius 1 is 1.07 bits per heavy atom. The minimum absolute atomic E-state index is 0.0901. The summed E-state index contributed by atoms with van der Waals surface area (Å²) in [5.74, 6) is 0.355. The maximum Gasteiger partial charge on any atom is 0.277 e. The second kappa shape index (κ2) is 8.41. The molecule has 3 rings (SSSR count). The molecule has 1 heterocycles. The summed E-state index contributed by atoms with van der Waals surface area (Å²) in [6.07, 6.45) is 0. The van der Waals surface area contributed by atoms with Crippen molar-refractivity contribution in [2.24, 2.45) is 0 Å². The zero-order chi connectivity index (χ0) is 21.2. The van der Waals surface area contributed by atoms with Crippen LogP contribution >= 0.6 is 11.8 Å². The number of nitrogens with one attached hydrogen (secondary N) is 1. The normalized spacial score (nSPS) is 12.6. The van der Waals surface area contributed by atoms with Gasteiger partial charge in [-0.05, 0) is 61.1 Å². The van der Waals surface area contributed by atoms with Gasteiger partial charge >= 0.3 is 0 Å². The summed E-state index contributed by atoms with van der Waals surface area (Å²) < 4.78 is 5.77. The molecule has 6 heteroatoms. The highest BCUT2D eigenvalue weighted by Crippen LogP contribution is 2.29. The molecule has 0 bridgehead atoms. The van der Waals surface area contributed by atoms with Crippen LogP contribution in [0.4, 0.5) is 5.69 Å². The highest BCUT2D eigenvalue weighted by molar-refractivity contribution is 8.00. The van der Waals surface area contributed by atoms with Gasteiger partial charge in [-0.3, -0.25) is 4.79 Å². The first-order chi connectivity index (χ1) is 13.6. The molecule has 0 aliphatic rings. The summed E-state index contributed by atoms with van der Waals surface area (Å²) in [7, 11) is 0. The highest BCUT2D eigenvalue weighted by Gasteiger charge is 2.20. The van der Waals surface area contributed by atoms with E-state index in [4.69, 9.17) is 4.42 Å². The largest absolute Gasteiger partial charge is 0.411 e. The smallest absolute Gasteiger partial charge is 0.277 e. The van der Waals surface area contributed by atoms with Crippen LogP contribution < -0.4 is 5.32 Å². The quantitative estimate of drug-likeness (QED) is 0.542. The molecule has 0 unspecified atom stereocenters. The van der Waals surface area contributed by atoms with Crippen LogP contribution in [0.25, 0.3) is 11.5 Å². The van der Waals surface area contributed by atoms with Crippen LogP contribution in [0.1, 0.15) is 44.4 Å². The number of hydrogen-bond acceptors (Lipinski definition) is 5. The topological polar surface area (TPSA) is 68.0 Å². The molecule has 2 aromatic carbocycles. The molecule has 0 aliphatic heterocycles. The zero-order valence-corrected chi connectivity index (χ0v) is 18.6. The van der Waals surface area contributed by atoms with Crippen molar-refractivity contribution in [3.8, 4) is 11.5 Å². The van der Waals surface area contributed by atoms with Crippen molar-refractivity contribution in [1.29, 1.82) is 0 Å². The summed E-state index contributed by atoms with van der Waals surface area (Å²) in [6, 6.07) is 14.1. The lowest BCUT2D eigenvalue weighted by Crippen LogP contribution is -2.22. The maximum absolute atomic E-state index is 12.6. The monoisotopic (exact) mass is 409 g/mol. The van der Waals surface area contributed by atoms with Crippen LogP contribution in [0.5, 0.6) is 0 Å². The number of benzene rings is 2. The van der Waals surface area contributed by atoms with Crippen LogP contribution in [0, 0.1) is 13.8 Å². The second-order valence-electron chi connectivity index (χ2n) is 8.27. The molecule has 0 radical (unpaired) electrons. The Morgan fingerprint density at radius 2 is 1.76 bits per heavy atom. The Kier molecular flexibility index (Phi) is 6.13. The molecule has 152 valence electrons. The van der Waals surface area contributed by atoms with Crippen molar-refractivity contribution < 1.29 is 9.21 Å². The number of thioether (sulfide) groups is 1. The number of rotatable bonds is 5. The van der Waals surface area contributed by atoms with Gasteiger partial charge in [0, 0.05) is 11.3 Å². The van der Waals surface area contributed by atoms with Gasteiger partial charge in [-0.2, -0.15) is 0 Å². The summed E-state index contributed by atoms with van der Waals surface area (Å²) in [5.41, 5.74) is 5.15. The summed E-state index contributed by atoms with van der Waals surface area (Å²) in [4.78, 5) is 12.6. The Balaban J connectivity index is 1.66. The van der Waals surface area contributed by atoms with E-state index in [0.29, 0.717) is 11.1 Å². The van der Waals surface area contributed by atoms with E-state index in [1.54, 1.807) is 0 Å². The number of aromatic nitrogens is 2. The second-order valence-corrected chi connectivity index (χ2v) is 9.56. The third-order valence-electron chi connectivity index (χ3n) is 4.70. The molecule has 0 spiro atoms. The molecule has 0 aliphatic carbocycles. The van der Waals surface area contributed by atoms with Crippen molar-refractivity contribution in [2.45, 2.75) is 57.4 Å². The van der Waals surface area contributed by atoms with E-state index in [9.17, 15) is 4.79 Å². The van der Waals surface area contributed by atoms with Crippen molar-refractivity contribution in [2.75, 3.05) is 5.32 Å². The third-order valence-corrected chi connectivity index (χ3v) is 5.64. The SMILES string of the molecule is Cc1ccc(C)c(NC(=O)[C@@H](C)Sc2nnc(-c3ccc(C(C)(C)C)cc3)o2)c1. The first-order valence-electron chi connectivity index (χ1n) is 9.62. The Morgan fingerprint density at radius 3 is 2.41 bits per heavy atom. The molecular formula is C23H27N3O2S. The fraction of sp³-hybridized carbons (Fsp3) is 0.348. The van der Waals surface area contributed by atoms with Gasteiger partial charge in [-0.25, -0.2) is 0 Å². The Bertz CT molecular complexity index is 1000. The summed E-state index contributed by atoms with van der Waals surface area (Å²) >= 11 is 1.25. The molecule has 1 aromatic heterocycles. The molecule has 29 heavy (non-hydrogen) atoms. The first-order valence-corrected chi connectivity index (χ1v) is 10.5. The summed E-state index contributed by atoms with van der Waals surface area (Å²) in [6.45, 7) is 12.3. The van der Waals surface area contributed by atoms with Gasteiger partial charge in [0.2, 0.25) is 11.8 Å². The minimum atomic E-state index is -0.369. The van der Waals surface area contributed by atoms with Gasteiger partial charge in [0.1, 0.15) is 0 Å². The molecular weight excluding hydrogens is 382 g/mol. The van der Waals surface area contributed by atoms with E-state index >= 15 is 0 Å². The van der Waals surface area contributed by atoms with Crippen LogP contribution in [0.15, 0.2) is 52.1 Å². The van der Waals surface area contributed by atoms with E-state index in [1.807, 2.05) is 51.1 Å². The van der Waals surface area contributed by atoms with E-state index in [1.165, 1.54) is 17.3 Å². The number of carbonyl (C=O) groups is 1. The fourth-order valence-electron chi connectivity index (χ4n) is 2.80. The molecule has 0 saturated heterocycles. The average Bonchev–Trinajstić information content (AvgIpc) is 3.12. The van der Waals surface area contributed by atoms with Gasteiger partial charge in [-0.15, -0.1) is 10.2 Å². The third kappa shape index (κ3) is 5.26. The number of anilines is 1. The van der Waals surface area contributed by atoms with E-state index < -0.39 is 0 Å². The van der Waals surface area contributed by atoms with E-state index in [2.05, 4.69) is 48.4 Å². The number of aryl methyl sites for hydroxylation is 2. The van der Waals surface area contributed by atoms with Crippen molar-refractivity contribution >= 4 is 23.4 Å². The maximum atomic E-state index is 12.6. The van der Waals surface area contributed by atoms with Gasteiger partial charge in [0.05, 0.1) is 5.25 Å². The standard InChI is InChI=1S/C23H27N3O2S/c1-14-7-8-15(2)19(13-14)24-20(27)16(3)29-22-26-25-21(28-22)17-9-11-18(12-10-17)23(4,5)6/h7-13,16H,1-6H3,(H,24,27)/t16-/m1/s1. The van der Waals surface area contributed by atoms with Crippen LogP contribution in [0.3, 0.4) is 0 Å². The molecule has 0 fully saturated rings. The van der Waals surface area contributed by atoms with Gasteiger partial charge < -0.3 is 9.73 Å². The predicted octanol–water partition coefficient (Wildman–Crippen LogP) is 5.77. The van der Waals surface area contributed by atoms with Crippen LogP contribution in [-0.2, 0) is 10.2 Å². The fourth-order valence-corrected chi connectivity index (χ4v) is 3.48. The minimum Gasteiger partial charge on any atom is -0.411 e. The van der Waals surface area contributed by atoms with Gasteiger partial charge in [0.15, 0.2) is 0 Å². The lowest BCUT2D eigenvalue weighted by atomic mass is 9.87. The zero-order valence-electron chi connectivity index (χ0n) is 17.7.